The molecule has 1 aromatic carbocycles. The molecule has 5 nitrogen and oxygen atoms in total. The van der Waals surface area contributed by atoms with Crippen LogP contribution in [0.15, 0.2) is 29.4 Å². The maximum atomic E-state index is 12.1. The number of halogens is 1. The summed E-state index contributed by atoms with van der Waals surface area (Å²) in [6, 6.07) is 6.71. The number of hydrogen-bond acceptors (Lipinski definition) is 3. The summed E-state index contributed by atoms with van der Waals surface area (Å²) in [7, 11) is 0. The molecule has 1 atom stereocenters. The molecule has 0 radical (unpaired) electrons. The number of carbonyl (C=O) groups excluding carboxylic acids is 1. The molecule has 0 fully saturated rings. The van der Waals surface area contributed by atoms with Crippen molar-refractivity contribution < 1.29 is 10.0 Å². The second kappa shape index (κ2) is 5.73. The molecule has 0 bridgehead atoms. The van der Waals surface area contributed by atoms with Crippen molar-refractivity contribution >= 4 is 29.0 Å². The van der Waals surface area contributed by atoms with Crippen LogP contribution in [0.3, 0.4) is 0 Å². The minimum Gasteiger partial charge on any atom is -0.409 e. The molecule has 0 aromatic heterocycles. The molecule has 0 aliphatic carbocycles. The number of amidine groups is 1. The topological polar surface area (TPSA) is 87.7 Å². The van der Waals surface area contributed by atoms with Crippen LogP contribution in [0, 0.1) is 5.41 Å². The third-order valence-electron chi connectivity index (χ3n) is 2.98. The zero-order chi connectivity index (χ0) is 13.8. The number of nitrogens with zero attached hydrogens (tertiary/aromatic N) is 1. The van der Waals surface area contributed by atoms with Gasteiger partial charge in [0, 0.05) is 10.7 Å². The summed E-state index contributed by atoms with van der Waals surface area (Å²) in [5, 5.41) is 14.9. The fraction of sp³-hybridized carbons (Fsp3) is 0.333. The zero-order valence-electron chi connectivity index (χ0n) is 10.3. The van der Waals surface area contributed by atoms with Crippen molar-refractivity contribution in [3.63, 3.8) is 0 Å². The van der Waals surface area contributed by atoms with Gasteiger partial charge in [0.25, 0.3) is 0 Å². The average molecular weight is 270 g/mol. The van der Waals surface area contributed by atoms with E-state index in [1.807, 2.05) is 0 Å². The Morgan fingerprint density at radius 3 is 2.50 bits per heavy atom. The van der Waals surface area contributed by atoms with Gasteiger partial charge in [-0.1, -0.05) is 23.7 Å². The van der Waals surface area contributed by atoms with Crippen molar-refractivity contribution in [2.24, 2.45) is 16.3 Å². The van der Waals surface area contributed by atoms with Crippen LogP contribution in [0.2, 0.25) is 5.02 Å². The van der Waals surface area contributed by atoms with Crippen LogP contribution in [0.1, 0.15) is 20.3 Å². The Morgan fingerprint density at radius 1 is 1.50 bits per heavy atom. The van der Waals surface area contributed by atoms with E-state index in [1.54, 1.807) is 38.1 Å². The Bertz CT molecular complexity index is 459. The van der Waals surface area contributed by atoms with E-state index in [-0.39, 0.29) is 11.7 Å². The largest absolute Gasteiger partial charge is 0.409 e. The van der Waals surface area contributed by atoms with E-state index in [4.69, 9.17) is 22.5 Å². The fourth-order valence-corrected chi connectivity index (χ4v) is 1.50. The molecule has 1 aromatic rings. The second-order valence-corrected chi connectivity index (χ2v) is 4.57. The first-order chi connectivity index (χ1) is 8.43. The van der Waals surface area contributed by atoms with Gasteiger partial charge in [0.15, 0.2) is 5.84 Å². The summed E-state index contributed by atoms with van der Waals surface area (Å²) >= 11 is 5.75. The molecular weight excluding hydrogens is 254 g/mol. The molecule has 0 saturated heterocycles. The highest BCUT2D eigenvalue weighted by Crippen LogP contribution is 2.24. The first kappa shape index (κ1) is 14.3. The van der Waals surface area contributed by atoms with Gasteiger partial charge in [0.05, 0.1) is 0 Å². The molecule has 0 heterocycles. The number of hydrogen-bond donors (Lipinski definition) is 3. The quantitative estimate of drug-likeness (QED) is 0.339. The van der Waals surface area contributed by atoms with Crippen LogP contribution < -0.4 is 11.1 Å². The van der Waals surface area contributed by atoms with Gasteiger partial charge in [0.2, 0.25) is 5.91 Å². The summed E-state index contributed by atoms with van der Waals surface area (Å²) in [6.07, 6.45) is 0.419. The van der Waals surface area contributed by atoms with Crippen molar-refractivity contribution in [1.29, 1.82) is 0 Å². The minimum atomic E-state index is -1.05. The predicted molar refractivity (Wildman–Crippen MR) is 71.9 cm³/mol. The Labute approximate surface area is 111 Å². The normalized spacial score (nSPS) is 14.9. The molecule has 0 spiro atoms. The lowest BCUT2D eigenvalue weighted by molar-refractivity contribution is -0.121. The molecule has 6 heteroatoms. The van der Waals surface area contributed by atoms with Crippen LogP contribution in [0.25, 0.3) is 0 Å². The number of rotatable bonds is 4. The van der Waals surface area contributed by atoms with Gasteiger partial charge >= 0.3 is 0 Å². The van der Waals surface area contributed by atoms with E-state index >= 15 is 0 Å². The molecule has 1 unspecified atom stereocenters. The molecule has 1 amide bonds. The molecule has 0 aliphatic rings. The van der Waals surface area contributed by atoms with Crippen LogP contribution >= 0.6 is 11.6 Å². The van der Waals surface area contributed by atoms with Crippen molar-refractivity contribution in [1.82, 2.24) is 0 Å². The molecule has 0 aliphatic heterocycles. The number of amides is 1. The second-order valence-electron chi connectivity index (χ2n) is 4.13. The van der Waals surface area contributed by atoms with Gasteiger partial charge in [-0.15, -0.1) is 0 Å². The van der Waals surface area contributed by atoms with E-state index in [0.717, 1.165) is 0 Å². The summed E-state index contributed by atoms with van der Waals surface area (Å²) < 4.78 is 0. The number of benzene rings is 1. The highest BCUT2D eigenvalue weighted by Gasteiger charge is 2.36. The summed E-state index contributed by atoms with van der Waals surface area (Å²) in [4.78, 5) is 12.1. The van der Waals surface area contributed by atoms with Gasteiger partial charge in [-0.2, -0.15) is 0 Å². The van der Waals surface area contributed by atoms with Gasteiger partial charge in [-0.05, 0) is 37.6 Å². The van der Waals surface area contributed by atoms with Crippen LogP contribution in [0.4, 0.5) is 5.69 Å². The van der Waals surface area contributed by atoms with E-state index in [2.05, 4.69) is 10.5 Å². The first-order valence-electron chi connectivity index (χ1n) is 5.49. The summed E-state index contributed by atoms with van der Waals surface area (Å²) in [5.74, 6) is -0.445. The summed E-state index contributed by atoms with van der Waals surface area (Å²) in [6.45, 7) is 3.41. The van der Waals surface area contributed by atoms with Gasteiger partial charge < -0.3 is 16.3 Å². The molecular formula is C12H16ClN3O2. The minimum absolute atomic E-state index is 0.114. The third-order valence-corrected chi connectivity index (χ3v) is 3.24. The average Bonchev–Trinajstić information content (AvgIpc) is 2.39. The third kappa shape index (κ3) is 2.92. The Kier molecular flexibility index (Phi) is 4.55. The number of carbonyl (C=O) groups is 1. The lowest BCUT2D eigenvalue weighted by Crippen LogP contribution is -2.44. The van der Waals surface area contributed by atoms with Crippen LogP contribution in [-0.4, -0.2) is 17.0 Å². The number of nitrogens with two attached hydrogens (primary N) is 1. The SMILES string of the molecule is CCC(C)(C(=O)Nc1ccc(Cl)cc1)/C(N)=N/O. The van der Waals surface area contributed by atoms with Crippen molar-refractivity contribution in [2.45, 2.75) is 20.3 Å². The van der Waals surface area contributed by atoms with E-state index < -0.39 is 5.41 Å². The first-order valence-corrected chi connectivity index (χ1v) is 5.87. The number of nitrogens with one attached hydrogen (secondary N) is 1. The number of anilines is 1. The van der Waals surface area contributed by atoms with Crippen LogP contribution in [0.5, 0.6) is 0 Å². The number of oxime groups is 1. The van der Waals surface area contributed by atoms with Crippen LogP contribution in [-0.2, 0) is 4.79 Å². The monoisotopic (exact) mass is 269 g/mol. The highest BCUT2D eigenvalue weighted by molar-refractivity contribution is 6.30. The van der Waals surface area contributed by atoms with Crippen molar-refractivity contribution in [2.75, 3.05) is 5.32 Å². The summed E-state index contributed by atoms with van der Waals surface area (Å²) in [5.41, 5.74) is 5.12. The van der Waals surface area contributed by atoms with E-state index in [1.165, 1.54) is 0 Å². The zero-order valence-corrected chi connectivity index (χ0v) is 11.0. The van der Waals surface area contributed by atoms with Crippen molar-refractivity contribution in [3.8, 4) is 0 Å². The van der Waals surface area contributed by atoms with Gasteiger partial charge in [0.1, 0.15) is 5.41 Å². The molecule has 0 saturated carbocycles. The lowest BCUT2D eigenvalue weighted by Gasteiger charge is -2.25. The van der Waals surface area contributed by atoms with Gasteiger partial charge in [-0.3, -0.25) is 4.79 Å². The Hall–Kier alpha value is -1.75. The molecule has 18 heavy (non-hydrogen) atoms. The Morgan fingerprint density at radius 2 is 2.06 bits per heavy atom. The predicted octanol–water partition coefficient (Wildman–Crippen LogP) is 2.44. The Balaban J connectivity index is 2.90. The van der Waals surface area contributed by atoms with Crippen molar-refractivity contribution in [3.05, 3.63) is 29.3 Å². The van der Waals surface area contributed by atoms with Gasteiger partial charge in [-0.25, -0.2) is 0 Å². The standard InChI is InChI=1S/C12H16ClN3O2/c1-3-12(2,10(14)16-18)11(17)15-9-6-4-8(13)5-7-9/h4-7,18H,3H2,1-2H3,(H2,14,16)(H,15,17). The maximum Gasteiger partial charge on any atom is 0.238 e. The molecule has 4 N–H and O–H groups in total. The highest BCUT2D eigenvalue weighted by atomic mass is 35.5. The lowest BCUT2D eigenvalue weighted by atomic mass is 9.85. The fourth-order valence-electron chi connectivity index (χ4n) is 1.37. The molecule has 98 valence electrons. The maximum absolute atomic E-state index is 12.1. The van der Waals surface area contributed by atoms with E-state index in [9.17, 15) is 4.79 Å². The smallest absolute Gasteiger partial charge is 0.238 e. The molecule has 1 rings (SSSR count). The van der Waals surface area contributed by atoms with E-state index in [0.29, 0.717) is 17.1 Å².